The number of ether oxygens (including phenoxy) is 1. The third kappa shape index (κ3) is 23.2. The lowest BCUT2D eigenvalue weighted by atomic mass is 9.94. The zero-order valence-corrected chi connectivity index (χ0v) is 24.1. The maximum atomic E-state index is 12.6. The fourth-order valence-electron chi connectivity index (χ4n) is 4.96. The van der Waals surface area contributed by atoms with E-state index >= 15 is 0 Å². The van der Waals surface area contributed by atoms with Crippen LogP contribution in [0.2, 0.25) is 0 Å². The Hall–Kier alpha value is -0.530. The lowest BCUT2D eigenvalue weighted by Crippen LogP contribution is -2.20. The topological polar surface area (TPSA) is 26.3 Å². The molecule has 0 fully saturated rings. The second-order valence-electron chi connectivity index (χ2n) is 11.1. The summed E-state index contributed by atoms with van der Waals surface area (Å²) in [4.78, 5) is 12.6. The summed E-state index contributed by atoms with van der Waals surface area (Å²) < 4.78 is 5.86. The molecule has 2 heteroatoms. The van der Waals surface area contributed by atoms with Crippen LogP contribution in [0.3, 0.4) is 0 Å². The fraction of sp³-hybridized carbons (Fsp3) is 0.969. The molecule has 34 heavy (non-hydrogen) atoms. The van der Waals surface area contributed by atoms with Gasteiger partial charge in [-0.1, -0.05) is 163 Å². The van der Waals surface area contributed by atoms with Crippen molar-refractivity contribution >= 4 is 5.97 Å². The third-order valence-corrected chi connectivity index (χ3v) is 7.54. The molecular formula is C32H64O2. The van der Waals surface area contributed by atoms with E-state index in [0.29, 0.717) is 12.5 Å². The first-order valence-corrected chi connectivity index (χ1v) is 15.8. The van der Waals surface area contributed by atoms with Gasteiger partial charge in [0, 0.05) is 0 Å². The molecule has 0 aromatic carbocycles. The Balaban J connectivity index is 4.12. The molecule has 204 valence electrons. The quantitative estimate of drug-likeness (QED) is 0.0862. The molecule has 0 saturated carbocycles. The lowest BCUT2D eigenvalue weighted by molar-refractivity contribution is -0.149. The van der Waals surface area contributed by atoms with Crippen LogP contribution in [-0.2, 0) is 9.53 Å². The van der Waals surface area contributed by atoms with E-state index in [1.54, 1.807) is 0 Å². The summed E-state index contributed by atoms with van der Waals surface area (Å²) in [5.74, 6) is 0.685. The summed E-state index contributed by atoms with van der Waals surface area (Å²) in [7, 11) is 0. The standard InChI is InChI=1S/C32H64O2/c1-5-8-11-14-17-19-22-25-28-31(27-24-21-16-13-10-7-3)29-34-32(33)30(4)26-23-20-18-15-12-9-6-2/h30-31H,5-29H2,1-4H3. The highest BCUT2D eigenvalue weighted by Crippen LogP contribution is 2.21. The van der Waals surface area contributed by atoms with Crippen LogP contribution in [0.25, 0.3) is 0 Å². The Morgan fingerprint density at radius 2 is 0.824 bits per heavy atom. The first-order valence-electron chi connectivity index (χ1n) is 15.8. The van der Waals surface area contributed by atoms with Crippen LogP contribution in [0.5, 0.6) is 0 Å². The Morgan fingerprint density at radius 1 is 0.500 bits per heavy atom. The highest BCUT2D eigenvalue weighted by Gasteiger charge is 2.17. The summed E-state index contributed by atoms with van der Waals surface area (Å²) in [6, 6.07) is 0. The van der Waals surface area contributed by atoms with Gasteiger partial charge in [-0.15, -0.1) is 0 Å². The van der Waals surface area contributed by atoms with Gasteiger partial charge in [-0.2, -0.15) is 0 Å². The van der Waals surface area contributed by atoms with E-state index in [2.05, 4.69) is 27.7 Å². The van der Waals surface area contributed by atoms with Crippen LogP contribution in [-0.4, -0.2) is 12.6 Å². The Bertz CT molecular complexity index is 406. The molecule has 0 amide bonds. The number of carbonyl (C=O) groups excluding carboxylic acids is 1. The van der Waals surface area contributed by atoms with Crippen LogP contribution in [0.15, 0.2) is 0 Å². The summed E-state index contributed by atoms with van der Waals surface area (Å²) >= 11 is 0. The molecule has 0 rings (SSSR count). The second-order valence-corrected chi connectivity index (χ2v) is 11.1. The van der Waals surface area contributed by atoms with Crippen molar-refractivity contribution in [1.29, 1.82) is 0 Å². The molecule has 0 saturated heterocycles. The van der Waals surface area contributed by atoms with Crippen LogP contribution < -0.4 is 0 Å². The van der Waals surface area contributed by atoms with Crippen molar-refractivity contribution in [1.82, 2.24) is 0 Å². The monoisotopic (exact) mass is 480 g/mol. The molecule has 0 aliphatic heterocycles. The Morgan fingerprint density at radius 3 is 1.21 bits per heavy atom. The number of esters is 1. The van der Waals surface area contributed by atoms with Gasteiger partial charge in [-0.3, -0.25) is 4.79 Å². The predicted molar refractivity (Wildman–Crippen MR) is 151 cm³/mol. The SMILES string of the molecule is CCCCCCCCCCC(CCCCCCCC)COC(=O)C(C)CCCCCCCCC. The number of hydrogen-bond donors (Lipinski definition) is 0. The third-order valence-electron chi connectivity index (χ3n) is 7.54. The average molecular weight is 481 g/mol. The molecule has 2 atom stereocenters. The van der Waals surface area contributed by atoms with Crippen molar-refractivity contribution in [2.75, 3.05) is 6.61 Å². The highest BCUT2D eigenvalue weighted by atomic mass is 16.5. The predicted octanol–water partition coefficient (Wildman–Crippen LogP) is 11.2. The molecule has 0 heterocycles. The smallest absolute Gasteiger partial charge is 0.308 e. The summed E-state index contributed by atoms with van der Waals surface area (Å²) in [6.07, 6.45) is 31.7. The van der Waals surface area contributed by atoms with Crippen molar-refractivity contribution in [3.8, 4) is 0 Å². The average Bonchev–Trinajstić information content (AvgIpc) is 2.84. The first kappa shape index (κ1) is 33.5. The van der Waals surface area contributed by atoms with Gasteiger partial charge in [0.15, 0.2) is 0 Å². The Kier molecular flexibility index (Phi) is 26.6. The van der Waals surface area contributed by atoms with Gasteiger partial charge in [0.25, 0.3) is 0 Å². The minimum Gasteiger partial charge on any atom is -0.465 e. The van der Waals surface area contributed by atoms with Crippen molar-refractivity contribution in [2.45, 2.75) is 182 Å². The van der Waals surface area contributed by atoms with E-state index in [0.717, 1.165) is 6.42 Å². The molecule has 0 aliphatic carbocycles. The maximum absolute atomic E-state index is 12.6. The molecule has 0 radical (unpaired) electrons. The molecular weight excluding hydrogens is 416 g/mol. The lowest BCUT2D eigenvalue weighted by Gasteiger charge is -2.19. The fourth-order valence-corrected chi connectivity index (χ4v) is 4.96. The zero-order valence-electron chi connectivity index (χ0n) is 24.1. The van der Waals surface area contributed by atoms with E-state index in [-0.39, 0.29) is 11.9 Å². The first-order chi connectivity index (χ1) is 16.7. The van der Waals surface area contributed by atoms with E-state index in [9.17, 15) is 4.79 Å². The number of rotatable bonds is 27. The van der Waals surface area contributed by atoms with Crippen LogP contribution in [0, 0.1) is 11.8 Å². The summed E-state index contributed by atoms with van der Waals surface area (Å²) in [5, 5.41) is 0. The van der Waals surface area contributed by atoms with Gasteiger partial charge >= 0.3 is 5.97 Å². The molecule has 0 N–H and O–H groups in total. The van der Waals surface area contributed by atoms with Crippen molar-refractivity contribution in [3.63, 3.8) is 0 Å². The highest BCUT2D eigenvalue weighted by molar-refractivity contribution is 5.71. The van der Waals surface area contributed by atoms with E-state index < -0.39 is 0 Å². The van der Waals surface area contributed by atoms with Crippen molar-refractivity contribution in [2.24, 2.45) is 11.8 Å². The molecule has 0 aromatic rings. The summed E-state index contributed by atoms with van der Waals surface area (Å²) in [6.45, 7) is 9.56. The van der Waals surface area contributed by atoms with E-state index in [1.165, 1.54) is 148 Å². The van der Waals surface area contributed by atoms with Crippen LogP contribution >= 0.6 is 0 Å². The van der Waals surface area contributed by atoms with Gasteiger partial charge in [0.05, 0.1) is 12.5 Å². The minimum absolute atomic E-state index is 0.0508. The largest absolute Gasteiger partial charge is 0.465 e. The van der Waals surface area contributed by atoms with Gasteiger partial charge in [-0.25, -0.2) is 0 Å². The van der Waals surface area contributed by atoms with Gasteiger partial charge in [0.2, 0.25) is 0 Å². The van der Waals surface area contributed by atoms with E-state index in [1.807, 2.05) is 0 Å². The maximum Gasteiger partial charge on any atom is 0.308 e. The van der Waals surface area contributed by atoms with Crippen molar-refractivity contribution < 1.29 is 9.53 Å². The van der Waals surface area contributed by atoms with E-state index in [4.69, 9.17) is 4.74 Å². The van der Waals surface area contributed by atoms with Gasteiger partial charge in [-0.05, 0) is 25.2 Å². The molecule has 2 nitrogen and oxygen atoms in total. The van der Waals surface area contributed by atoms with Gasteiger partial charge < -0.3 is 4.74 Å². The molecule has 0 aliphatic rings. The Labute approximate surface area is 215 Å². The van der Waals surface area contributed by atoms with Crippen molar-refractivity contribution in [3.05, 3.63) is 0 Å². The molecule has 0 bridgehead atoms. The van der Waals surface area contributed by atoms with Crippen LogP contribution in [0.4, 0.5) is 0 Å². The number of carbonyl (C=O) groups is 1. The van der Waals surface area contributed by atoms with Crippen LogP contribution in [0.1, 0.15) is 182 Å². The second kappa shape index (κ2) is 27.1. The zero-order chi connectivity index (χ0) is 25.1. The number of hydrogen-bond acceptors (Lipinski definition) is 2. The minimum atomic E-state index is 0.0508. The number of unbranched alkanes of at least 4 members (excludes halogenated alkanes) is 18. The normalized spacial score (nSPS) is 13.2. The molecule has 0 spiro atoms. The molecule has 2 unspecified atom stereocenters. The molecule has 0 aromatic heterocycles. The summed E-state index contributed by atoms with van der Waals surface area (Å²) in [5.41, 5.74) is 0. The van der Waals surface area contributed by atoms with Gasteiger partial charge in [0.1, 0.15) is 0 Å².